The molecule has 0 aliphatic carbocycles. The van der Waals surface area contributed by atoms with Gasteiger partial charge in [-0.15, -0.1) is 0 Å². The van der Waals surface area contributed by atoms with Crippen molar-refractivity contribution in [3.63, 3.8) is 0 Å². The molecule has 0 atom stereocenters. The van der Waals surface area contributed by atoms with E-state index >= 15 is 0 Å². The molecule has 0 aliphatic rings. The normalized spacial score (nSPS) is 9.64. The maximum Gasteiger partial charge on any atom is 0.0308 e. The minimum Gasteiger partial charge on any atom is -0.305 e. The molecule has 0 amide bonds. The minimum atomic E-state index is 0.640. The van der Waals surface area contributed by atoms with E-state index < -0.39 is 0 Å². The summed E-state index contributed by atoms with van der Waals surface area (Å²) < 4.78 is 0. The molecule has 0 aromatic carbocycles. The Morgan fingerprint density at radius 3 is 2.36 bits per heavy atom. The van der Waals surface area contributed by atoms with Crippen molar-refractivity contribution in [2.45, 2.75) is 46.0 Å². The molecule has 0 radical (unpaired) electrons. The van der Waals surface area contributed by atoms with Gasteiger partial charge in [0.05, 0.1) is 0 Å². The smallest absolute Gasteiger partial charge is 0.0308 e. The molecule has 0 unspecified atom stereocenters. The first-order valence-corrected chi connectivity index (χ1v) is 4.41. The first-order valence-electron chi connectivity index (χ1n) is 4.41. The highest BCUT2D eigenvalue weighted by Crippen LogP contribution is 2.08. The Kier molecular flexibility index (Phi) is 5.81. The molecule has 0 fully saturated rings. The Labute approximate surface area is 70.0 Å². The van der Waals surface area contributed by atoms with E-state index in [-0.39, 0.29) is 0 Å². The third-order valence-corrected chi connectivity index (χ3v) is 1.86. The number of allylic oxidation sites excluding steroid dienone is 1. The molecular weight excluding hydrogens is 134 g/mol. The second-order valence-electron chi connectivity index (χ2n) is 3.04. The summed E-state index contributed by atoms with van der Waals surface area (Å²) in [4.78, 5) is 0. The Balaban J connectivity index is 3.25. The zero-order valence-corrected chi connectivity index (χ0v) is 7.74. The number of hydrogen-bond donors (Lipinski definition) is 1. The maximum absolute atomic E-state index is 7.28. The highest BCUT2D eigenvalue weighted by molar-refractivity contribution is 5.94. The van der Waals surface area contributed by atoms with Crippen molar-refractivity contribution in [1.82, 2.24) is 0 Å². The average molecular weight is 153 g/mol. The fourth-order valence-corrected chi connectivity index (χ4v) is 0.953. The predicted molar refractivity (Wildman–Crippen MR) is 51.3 cm³/mol. The van der Waals surface area contributed by atoms with Gasteiger partial charge in [0, 0.05) is 5.71 Å². The molecule has 0 rings (SSSR count). The van der Waals surface area contributed by atoms with Crippen LogP contribution in [0.5, 0.6) is 0 Å². The highest BCUT2D eigenvalue weighted by Gasteiger charge is 1.95. The molecule has 1 heteroatoms. The van der Waals surface area contributed by atoms with Crippen LogP contribution < -0.4 is 0 Å². The van der Waals surface area contributed by atoms with Gasteiger partial charge in [0.1, 0.15) is 0 Å². The molecule has 1 nitrogen and oxygen atoms in total. The van der Waals surface area contributed by atoms with Gasteiger partial charge in [-0.05, 0) is 25.3 Å². The summed E-state index contributed by atoms with van der Waals surface area (Å²) in [6, 6.07) is 0. The van der Waals surface area contributed by atoms with Crippen molar-refractivity contribution in [1.29, 1.82) is 5.41 Å². The zero-order chi connectivity index (χ0) is 8.69. The first-order chi connectivity index (χ1) is 5.18. The second kappa shape index (κ2) is 6.14. The lowest BCUT2D eigenvalue weighted by Crippen LogP contribution is -1.93. The Bertz CT molecular complexity index is 136. The quantitative estimate of drug-likeness (QED) is 0.445. The van der Waals surface area contributed by atoms with Crippen LogP contribution in [0.25, 0.3) is 0 Å². The van der Waals surface area contributed by atoms with E-state index in [2.05, 4.69) is 13.5 Å². The van der Waals surface area contributed by atoms with Crippen LogP contribution >= 0.6 is 0 Å². The maximum atomic E-state index is 7.28. The molecule has 0 aliphatic heterocycles. The summed E-state index contributed by atoms with van der Waals surface area (Å²) in [6.07, 6.45) is 6.07. The van der Waals surface area contributed by atoms with Gasteiger partial charge in [0.15, 0.2) is 0 Å². The Hall–Kier alpha value is -0.590. The predicted octanol–water partition coefficient (Wildman–Crippen LogP) is 3.55. The van der Waals surface area contributed by atoms with Gasteiger partial charge in [-0.25, -0.2) is 0 Å². The van der Waals surface area contributed by atoms with E-state index in [0.29, 0.717) is 5.71 Å². The van der Waals surface area contributed by atoms with Crippen LogP contribution in [0.1, 0.15) is 46.0 Å². The molecule has 0 heterocycles. The molecule has 0 aromatic rings. The zero-order valence-electron chi connectivity index (χ0n) is 7.74. The van der Waals surface area contributed by atoms with Crippen LogP contribution in [0.15, 0.2) is 12.2 Å². The van der Waals surface area contributed by atoms with Crippen molar-refractivity contribution < 1.29 is 0 Å². The van der Waals surface area contributed by atoms with Gasteiger partial charge in [-0.1, -0.05) is 32.8 Å². The molecular formula is C10H19N. The third-order valence-electron chi connectivity index (χ3n) is 1.86. The van der Waals surface area contributed by atoms with E-state index in [4.69, 9.17) is 5.41 Å². The second-order valence-corrected chi connectivity index (χ2v) is 3.04. The van der Waals surface area contributed by atoms with E-state index in [9.17, 15) is 0 Å². The van der Waals surface area contributed by atoms with Crippen molar-refractivity contribution in [3.8, 4) is 0 Å². The van der Waals surface area contributed by atoms with E-state index in [1.807, 2.05) is 6.92 Å². The van der Waals surface area contributed by atoms with Gasteiger partial charge in [-0.3, -0.25) is 0 Å². The molecule has 0 bridgehead atoms. The van der Waals surface area contributed by atoms with Crippen molar-refractivity contribution in [3.05, 3.63) is 12.2 Å². The first kappa shape index (κ1) is 10.4. The van der Waals surface area contributed by atoms with Crippen LogP contribution in [0, 0.1) is 5.41 Å². The Morgan fingerprint density at radius 1 is 1.27 bits per heavy atom. The standard InChI is InChI=1S/C10H19N/c1-4-5-6-7-8-9(2)10(3)11/h11H,2,4-8H2,1,3H3. The molecule has 0 saturated carbocycles. The molecule has 11 heavy (non-hydrogen) atoms. The topological polar surface area (TPSA) is 23.9 Å². The summed E-state index contributed by atoms with van der Waals surface area (Å²) in [6.45, 7) is 7.84. The lowest BCUT2D eigenvalue weighted by molar-refractivity contribution is 0.670. The molecule has 0 spiro atoms. The van der Waals surface area contributed by atoms with Gasteiger partial charge in [0.25, 0.3) is 0 Å². The SMILES string of the molecule is C=C(CCCCCC)C(C)=N. The monoisotopic (exact) mass is 153 g/mol. The van der Waals surface area contributed by atoms with Gasteiger partial charge >= 0.3 is 0 Å². The average Bonchev–Trinajstić information content (AvgIpc) is 1.97. The molecule has 0 saturated heterocycles. The van der Waals surface area contributed by atoms with Gasteiger partial charge in [-0.2, -0.15) is 0 Å². The fourth-order valence-electron chi connectivity index (χ4n) is 0.953. The van der Waals surface area contributed by atoms with Crippen LogP contribution in [-0.4, -0.2) is 5.71 Å². The van der Waals surface area contributed by atoms with Crippen molar-refractivity contribution in [2.75, 3.05) is 0 Å². The highest BCUT2D eigenvalue weighted by atomic mass is 14.4. The van der Waals surface area contributed by atoms with Crippen molar-refractivity contribution in [2.24, 2.45) is 0 Å². The number of hydrogen-bond acceptors (Lipinski definition) is 1. The van der Waals surface area contributed by atoms with Crippen LogP contribution in [0.2, 0.25) is 0 Å². The van der Waals surface area contributed by atoms with E-state index in [1.54, 1.807) is 0 Å². The summed E-state index contributed by atoms with van der Waals surface area (Å²) in [5.41, 5.74) is 1.64. The van der Waals surface area contributed by atoms with Crippen LogP contribution in [0.4, 0.5) is 0 Å². The van der Waals surface area contributed by atoms with E-state index in [1.165, 1.54) is 25.7 Å². The summed E-state index contributed by atoms with van der Waals surface area (Å²) in [5.74, 6) is 0. The summed E-state index contributed by atoms with van der Waals surface area (Å²) in [5, 5.41) is 7.28. The van der Waals surface area contributed by atoms with Crippen molar-refractivity contribution >= 4 is 5.71 Å². The minimum absolute atomic E-state index is 0.640. The van der Waals surface area contributed by atoms with Gasteiger partial charge in [0.2, 0.25) is 0 Å². The van der Waals surface area contributed by atoms with Crippen LogP contribution in [0.3, 0.4) is 0 Å². The van der Waals surface area contributed by atoms with Crippen LogP contribution in [-0.2, 0) is 0 Å². The number of unbranched alkanes of at least 4 members (excludes halogenated alkanes) is 3. The van der Waals surface area contributed by atoms with Gasteiger partial charge < -0.3 is 5.41 Å². The summed E-state index contributed by atoms with van der Waals surface area (Å²) in [7, 11) is 0. The molecule has 1 N–H and O–H groups in total. The number of nitrogens with one attached hydrogen (secondary N) is 1. The lowest BCUT2D eigenvalue weighted by Gasteiger charge is -2.01. The molecule has 0 aromatic heterocycles. The summed E-state index contributed by atoms with van der Waals surface area (Å²) >= 11 is 0. The van der Waals surface area contributed by atoms with E-state index in [0.717, 1.165) is 12.0 Å². The lowest BCUT2D eigenvalue weighted by atomic mass is 10.1. The fraction of sp³-hybridized carbons (Fsp3) is 0.700. The third kappa shape index (κ3) is 5.84. The molecule has 64 valence electrons. The Morgan fingerprint density at radius 2 is 1.91 bits per heavy atom. The number of rotatable bonds is 6. The largest absolute Gasteiger partial charge is 0.305 e.